The summed E-state index contributed by atoms with van der Waals surface area (Å²) < 4.78 is 5.72. The van der Waals surface area contributed by atoms with Crippen LogP contribution in [-0.2, 0) is 9.53 Å². The third kappa shape index (κ3) is 2.01. The van der Waals surface area contributed by atoms with E-state index in [1.54, 1.807) is 6.26 Å². The number of benzene rings is 1. The first kappa shape index (κ1) is 12.2. The molecule has 5 nitrogen and oxygen atoms in total. The molecule has 1 aromatic rings. The molecule has 1 fully saturated rings. The number of carboxylic acid groups (broad SMARTS) is 1. The van der Waals surface area contributed by atoms with Gasteiger partial charge in [0.1, 0.15) is 12.1 Å². The molecule has 1 aromatic carbocycles. The summed E-state index contributed by atoms with van der Waals surface area (Å²) in [4.78, 5) is 11.3. The molecule has 0 aliphatic carbocycles. The summed E-state index contributed by atoms with van der Waals surface area (Å²) in [5.74, 6) is -1.03. The van der Waals surface area contributed by atoms with Gasteiger partial charge in [0.15, 0.2) is 0 Å². The maximum absolute atomic E-state index is 11.3. The van der Waals surface area contributed by atoms with Gasteiger partial charge >= 0.3 is 5.97 Å². The molecule has 100 valence electrons. The van der Waals surface area contributed by atoms with Crippen LogP contribution in [0.2, 0.25) is 0 Å². The van der Waals surface area contributed by atoms with Gasteiger partial charge in [-0.25, -0.2) is 10.9 Å². The molecule has 0 radical (unpaired) electrons. The van der Waals surface area contributed by atoms with Crippen LogP contribution in [0.3, 0.4) is 0 Å². The van der Waals surface area contributed by atoms with Gasteiger partial charge in [-0.3, -0.25) is 4.79 Å². The molecule has 0 amide bonds. The summed E-state index contributed by atoms with van der Waals surface area (Å²) in [6.07, 6.45) is 3.26. The number of fused-ring (bicyclic) bond motifs is 1. The van der Waals surface area contributed by atoms with Gasteiger partial charge in [-0.05, 0) is 24.1 Å². The summed E-state index contributed by atoms with van der Waals surface area (Å²) in [5.41, 5.74) is 8.00. The van der Waals surface area contributed by atoms with Gasteiger partial charge in [-0.1, -0.05) is 24.3 Å². The van der Waals surface area contributed by atoms with Crippen LogP contribution in [0.4, 0.5) is 0 Å². The van der Waals surface area contributed by atoms with Crippen molar-refractivity contribution >= 4 is 5.97 Å². The van der Waals surface area contributed by atoms with Crippen molar-refractivity contribution in [2.45, 2.75) is 25.1 Å². The minimum atomic E-state index is -0.863. The molecule has 1 saturated heterocycles. The average molecular weight is 260 g/mol. The van der Waals surface area contributed by atoms with Crippen LogP contribution >= 0.6 is 0 Å². The van der Waals surface area contributed by atoms with Crippen molar-refractivity contribution in [3.05, 3.63) is 47.7 Å². The first-order chi connectivity index (χ1) is 9.18. The second-order valence-corrected chi connectivity index (χ2v) is 4.95. The highest BCUT2D eigenvalue weighted by molar-refractivity contribution is 5.74. The van der Waals surface area contributed by atoms with E-state index in [1.165, 1.54) is 0 Å². The lowest BCUT2D eigenvalue weighted by Gasteiger charge is -2.32. The Morgan fingerprint density at radius 3 is 2.84 bits per heavy atom. The Hall–Kier alpha value is -1.85. The molecular weight excluding hydrogens is 244 g/mol. The van der Waals surface area contributed by atoms with Crippen molar-refractivity contribution in [2.24, 2.45) is 5.92 Å². The van der Waals surface area contributed by atoms with Gasteiger partial charge in [0, 0.05) is 5.92 Å². The third-order valence-electron chi connectivity index (χ3n) is 3.83. The lowest BCUT2D eigenvalue weighted by molar-refractivity contribution is -0.141. The normalized spacial score (nSPS) is 32.7. The average Bonchev–Trinajstić information content (AvgIpc) is 2.83. The van der Waals surface area contributed by atoms with E-state index in [0.29, 0.717) is 0 Å². The Morgan fingerprint density at radius 1 is 1.32 bits per heavy atom. The van der Waals surface area contributed by atoms with Crippen molar-refractivity contribution in [1.82, 2.24) is 10.9 Å². The van der Waals surface area contributed by atoms with Crippen LogP contribution in [-0.4, -0.2) is 23.2 Å². The van der Waals surface area contributed by atoms with Crippen molar-refractivity contribution in [3.8, 4) is 0 Å². The maximum atomic E-state index is 11.3. The SMILES string of the molecule is Cc1ccccc1C1OC=CC2NNC(C(=O)O)C21. The Bertz CT molecular complexity index is 529. The summed E-state index contributed by atoms with van der Waals surface area (Å²) in [5, 5.41) is 9.30. The van der Waals surface area contributed by atoms with Crippen LogP contribution in [0.1, 0.15) is 17.2 Å². The number of aryl methyl sites for hydroxylation is 1. The molecule has 0 aromatic heterocycles. The molecule has 5 heteroatoms. The largest absolute Gasteiger partial charge is 0.493 e. The summed E-state index contributed by atoms with van der Waals surface area (Å²) in [7, 11) is 0. The predicted molar refractivity (Wildman–Crippen MR) is 69.1 cm³/mol. The number of rotatable bonds is 2. The van der Waals surface area contributed by atoms with E-state index < -0.39 is 12.0 Å². The Morgan fingerprint density at radius 2 is 2.11 bits per heavy atom. The third-order valence-corrected chi connectivity index (χ3v) is 3.83. The number of nitrogens with one attached hydrogen (secondary N) is 2. The van der Waals surface area contributed by atoms with Gasteiger partial charge in [-0.15, -0.1) is 0 Å². The maximum Gasteiger partial charge on any atom is 0.322 e. The summed E-state index contributed by atoms with van der Waals surface area (Å²) in [6.45, 7) is 2.01. The quantitative estimate of drug-likeness (QED) is 0.743. The van der Waals surface area contributed by atoms with Gasteiger partial charge < -0.3 is 9.84 Å². The second kappa shape index (κ2) is 4.68. The molecule has 0 spiro atoms. The van der Waals surface area contributed by atoms with Gasteiger partial charge in [0.25, 0.3) is 0 Å². The fourth-order valence-electron chi connectivity index (χ4n) is 2.84. The fraction of sp³-hybridized carbons (Fsp3) is 0.357. The molecule has 3 rings (SSSR count). The van der Waals surface area contributed by atoms with E-state index in [9.17, 15) is 9.90 Å². The summed E-state index contributed by atoms with van der Waals surface area (Å²) >= 11 is 0. The predicted octanol–water partition coefficient (Wildman–Crippen LogP) is 1.13. The van der Waals surface area contributed by atoms with Crippen molar-refractivity contribution in [2.75, 3.05) is 0 Å². The number of hydrogen-bond donors (Lipinski definition) is 3. The molecule has 4 atom stereocenters. The number of hydrogen-bond acceptors (Lipinski definition) is 4. The minimum absolute atomic E-state index is 0.0283. The van der Waals surface area contributed by atoms with E-state index >= 15 is 0 Å². The zero-order chi connectivity index (χ0) is 13.4. The number of carbonyl (C=O) groups is 1. The van der Waals surface area contributed by atoms with E-state index in [1.807, 2.05) is 37.3 Å². The molecule has 4 unspecified atom stereocenters. The molecule has 0 bridgehead atoms. The molecule has 2 aliphatic rings. The van der Waals surface area contributed by atoms with E-state index in [0.717, 1.165) is 11.1 Å². The van der Waals surface area contributed by atoms with Crippen molar-refractivity contribution in [3.63, 3.8) is 0 Å². The Labute approximate surface area is 111 Å². The van der Waals surface area contributed by atoms with Crippen LogP contribution in [0.5, 0.6) is 0 Å². The van der Waals surface area contributed by atoms with Gasteiger partial charge in [-0.2, -0.15) is 0 Å². The monoisotopic (exact) mass is 260 g/mol. The molecule has 2 heterocycles. The van der Waals surface area contributed by atoms with Gasteiger partial charge in [0.05, 0.1) is 12.3 Å². The number of hydrazine groups is 1. The molecular formula is C14H16N2O3. The Balaban J connectivity index is 1.99. The molecule has 19 heavy (non-hydrogen) atoms. The standard InChI is InChI=1S/C14H16N2O3/c1-8-4-2-3-5-9(8)13-11-10(6-7-19-13)15-16-12(11)14(17)18/h2-7,10-13,15-16H,1H3,(H,17,18). The number of aliphatic carboxylic acids is 1. The fourth-order valence-corrected chi connectivity index (χ4v) is 2.84. The van der Waals surface area contributed by atoms with Crippen molar-refractivity contribution in [1.29, 1.82) is 0 Å². The molecule has 3 N–H and O–H groups in total. The van der Waals surface area contributed by atoms with Crippen LogP contribution in [0.25, 0.3) is 0 Å². The zero-order valence-corrected chi connectivity index (χ0v) is 10.5. The molecule has 0 saturated carbocycles. The van der Waals surface area contributed by atoms with E-state index in [4.69, 9.17) is 4.74 Å². The Kier molecular flexibility index (Phi) is 3.00. The highest BCUT2D eigenvalue weighted by Crippen LogP contribution is 2.38. The summed E-state index contributed by atoms with van der Waals surface area (Å²) in [6, 6.07) is 7.24. The lowest BCUT2D eigenvalue weighted by Crippen LogP contribution is -2.41. The topological polar surface area (TPSA) is 70.6 Å². The number of ether oxygens (including phenoxy) is 1. The van der Waals surface area contributed by atoms with Crippen LogP contribution in [0, 0.1) is 12.8 Å². The smallest absolute Gasteiger partial charge is 0.322 e. The second-order valence-electron chi connectivity index (χ2n) is 4.95. The van der Waals surface area contributed by atoms with E-state index in [2.05, 4.69) is 10.9 Å². The van der Waals surface area contributed by atoms with Crippen molar-refractivity contribution < 1.29 is 14.6 Å². The van der Waals surface area contributed by atoms with Gasteiger partial charge in [0.2, 0.25) is 0 Å². The highest BCUT2D eigenvalue weighted by atomic mass is 16.5. The highest BCUT2D eigenvalue weighted by Gasteiger charge is 2.47. The molecule has 2 aliphatic heterocycles. The first-order valence-electron chi connectivity index (χ1n) is 6.30. The lowest BCUT2D eigenvalue weighted by atomic mass is 9.82. The zero-order valence-electron chi connectivity index (χ0n) is 10.5. The minimum Gasteiger partial charge on any atom is -0.493 e. The number of carboxylic acids is 1. The van der Waals surface area contributed by atoms with Crippen LogP contribution < -0.4 is 10.9 Å². The van der Waals surface area contributed by atoms with Crippen LogP contribution in [0.15, 0.2) is 36.6 Å². The first-order valence-corrected chi connectivity index (χ1v) is 6.30. The van der Waals surface area contributed by atoms with E-state index in [-0.39, 0.29) is 18.1 Å².